The molecule has 100 valence electrons. The topological polar surface area (TPSA) is 112 Å². The van der Waals surface area contributed by atoms with Gasteiger partial charge in [0.25, 0.3) is 10.0 Å². The summed E-state index contributed by atoms with van der Waals surface area (Å²) in [5.74, 6) is 0. The van der Waals surface area contributed by atoms with Crippen molar-refractivity contribution < 1.29 is 17.9 Å². The Morgan fingerprint density at radius 3 is 2.68 bits per heavy atom. The molecular formula is C10H10N4O4S. The number of aryl methyl sites for hydroxylation is 1. The van der Waals surface area contributed by atoms with Crippen molar-refractivity contribution >= 4 is 16.2 Å². The molecule has 1 aromatic heterocycles. The minimum atomic E-state index is -3.75. The third-order valence-electron chi connectivity index (χ3n) is 2.23. The molecule has 0 fully saturated rings. The average Bonchev–Trinajstić information content (AvgIpc) is 2.71. The van der Waals surface area contributed by atoms with E-state index in [0.717, 1.165) is 6.21 Å². The number of hydrogen-bond donors (Lipinski definition) is 1. The van der Waals surface area contributed by atoms with Gasteiger partial charge in [-0.25, -0.2) is 0 Å². The summed E-state index contributed by atoms with van der Waals surface area (Å²) in [4.78, 5) is 2.20. The molecule has 9 heteroatoms. The Kier molecular flexibility index (Phi) is 3.47. The number of aromatic nitrogens is 2. The third kappa shape index (κ3) is 2.88. The van der Waals surface area contributed by atoms with E-state index in [0.29, 0.717) is 5.69 Å². The van der Waals surface area contributed by atoms with E-state index in [-0.39, 0.29) is 15.5 Å². The van der Waals surface area contributed by atoms with E-state index >= 15 is 0 Å². The van der Waals surface area contributed by atoms with Gasteiger partial charge in [0.05, 0.1) is 4.90 Å². The highest BCUT2D eigenvalue weighted by Gasteiger charge is 2.14. The molecule has 2 aromatic rings. The van der Waals surface area contributed by atoms with Crippen LogP contribution < -0.4 is 9.73 Å². The van der Waals surface area contributed by atoms with Gasteiger partial charge in [-0.3, -0.25) is 4.63 Å². The van der Waals surface area contributed by atoms with Gasteiger partial charge in [0.2, 0.25) is 11.4 Å². The van der Waals surface area contributed by atoms with Crippen LogP contribution in [0.1, 0.15) is 11.4 Å². The average molecular weight is 282 g/mol. The fourth-order valence-electron chi connectivity index (χ4n) is 1.27. The first-order valence-electron chi connectivity index (χ1n) is 5.17. The first kappa shape index (κ1) is 13.0. The zero-order chi connectivity index (χ0) is 13.9. The summed E-state index contributed by atoms with van der Waals surface area (Å²) in [6, 6.07) is 7.73. The number of hydrogen-bond acceptors (Lipinski definition) is 6. The van der Waals surface area contributed by atoms with Crippen LogP contribution in [0.15, 0.2) is 45.0 Å². The highest BCUT2D eigenvalue weighted by Crippen LogP contribution is 2.06. The fourth-order valence-corrected chi connectivity index (χ4v) is 2.08. The highest BCUT2D eigenvalue weighted by atomic mass is 32.2. The lowest BCUT2D eigenvalue weighted by molar-refractivity contribution is -0.803. The molecule has 1 N–H and O–H groups in total. The number of benzene rings is 1. The Bertz CT molecular complexity index is 674. The largest absolute Gasteiger partial charge is 0.359 e. The molecule has 0 saturated carbocycles. The maximum absolute atomic E-state index is 11.8. The van der Waals surface area contributed by atoms with Crippen LogP contribution in [0.5, 0.6) is 0 Å². The zero-order valence-corrected chi connectivity index (χ0v) is 10.7. The van der Waals surface area contributed by atoms with Gasteiger partial charge in [-0.1, -0.05) is 18.2 Å². The molecular weight excluding hydrogens is 272 g/mol. The molecule has 1 heterocycles. The lowest BCUT2D eigenvalue weighted by atomic mass is 10.4. The second kappa shape index (κ2) is 5.06. The van der Waals surface area contributed by atoms with Crippen molar-refractivity contribution in [1.29, 1.82) is 0 Å². The van der Waals surface area contributed by atoms with Crippen LogP contribution in [0.4, 0.5) is 0 Å². The molecule has 1 aromatic carbocycles. The van der Waals surface area contributed by atoms with Gasteiger partial charge in [-0.15, -0.1) is 0 Å². The minimum Gasteiger partial charge on any atom is -0.359 e. The van der Waals surface area contributed by atoms with Gasteiger partial charge in [0, 0.05) is 12.1 Å². The normalized spacial score (nSPS) is 11.8. The van der Waals surface area contributed by atoms with Gasteiger partial charge in [-0.2, -0.15) is 18.4 Å². The van der Waals surface area contributed by atoms with Gasteiger partial charge in [0.1, 0.15) is 6.21 Å². The Hall–Kier alpha value is -2.42. The van der Waals surface area contributed by atoms with Crippen molar-refractivity contribution in [2.75, 3.05) is 0 Å². The summed E-state index contributed by atoms with van der Waals surface area (Å²) in [6.45, 7) is 1.53. The number of nitrogens with one attached hydrogen (secondary N) is 1. The van der Waals surface area contributed by atoms with Crippen molar-refractivity contribution in [2.24, 2.45) is 5.10 Å². The lowest BCUT2D eigenvalue weighted by Crippen LogP contribution is -2.29. The van der Waals surface area contributed by atoms with Crippen molar-refractivity contribution in [3.63, 3.8) is 0 Å². The van der Waals surface area contributed by atoms with Crippen molar-refractivity contribution in [3.05, 3.63) is 46.9 Å². The molecule has 2 rings (SSSR count). The zero-order valence-electron chi connectivity index (χ0n) is 9.85. The number of hydrazone groups is 1. The van der Waals surface area contributed by atoms with E-state index in [1.54, 1.807) is 18.2 Å². The van der Waals surface area contributed by atoms with E-state index in [9.17, 15) is 13.6 Å². The summed E-state index contributed by atoms with van der Waals surface area (Å²) in [5, 5.41) is 18.0. The molecule has 0 aliphatic carbocycles. The molecule has 19 heavy (non-hydrogen) atoms. The summed E-state index contributed by atoms with van der Waals surface area (Å²) in [6.07, 6.45) is 1.03. The molecule has 0 amide bonds. The Morgan fingerprint density at radius 2 is 2.11 bits per heavy atom. The summed E-state index contributed by atoms with van der Waals surface area (Å²) >= 11 is 0. The number of rotatable bonds is 4. The van der Waals surface area contributed by atoms with Crippen molar-refractivity contribution in [2.45, 2.75) is 11.8 Å². The molecule has 0 aliphatic rings. The second-order valence-corrected chi connectivity index (χ2v) is 5.23. The van der Waals surface area contributed by atoms with Gasteiger partial charge < -0.3 is 5.21 Å². The Balaban J connectivity index is 2.15. The third-order valence-corrected chi connectivity index (χ3v) is 3.47. The van der Waals surface area contributed by atoms with Crippen LogP contribution in [0.25, 0.3) is 0 Å². The standard InChI is InChI=1S/C10H10N4O4S/c1-8-10(14(15)18-12-8)7-11-13-19(16,17)9-5-3-2-4-6-9/h2-7,13H,1H3/b11-7+. The lowest BCUT2D eigenvalue weighted by Gasteiger charge is -2.01. The maximum Gasteiger partial charge on any atom is 0.276 e. The van der Waals surface area contributed by atoms with Crippen LogP contribution in [-0.4, -0.2) is 19.8 Å². The summed E-state index contributed by atoms with van der Waals surface area (Å²) in [5.41, 5.74) is 0.327. The Morgan fingerprint density at radius 1 is 1.42 bits per heavy atom. The predicted molar refractivity (Wildman–Crippen MR) is 64.6 cm³/mol. The van der Waals surface area contributed by atoms with Crippen LogP contribution >= 0.6 is 0 Å². The van der Waals surface area contributed by atoms with E-state index < -0.39 is 10.0 Å². The van der Waals surface area contributed by atoms with Crippen molar-refractivity contribution in [1.82, 2.24) is 9.99 Å². The summed E-state index contributed by atoms with van der Waals surface area (Å²) in [7, 11) is -3.75. The summed E-state index contributed by atoms with van der Waals surface area (Å²) < 4.78 is 27.9. The second-order valence-electron chi connectivity index (χ2n) is 3.57. The van der Waals surface area contributed by atoms with Crippen LogP contribution in [0.2, 0.25) is 0 Å². The molecule has 0 bridgehead atoms. The first-order valence-corrected chi connectivity index (χ1v) is 6.65. The highest BCUT2D eigenvalue weighted by molar-refractivity contribution is 7.89. The molecule has 0 saturated heterocycles. The molecule has 0 spiro atoms. The number of sulfonamides is 1. The molecule has 0 atom stereocenters. The fraction of sp³-hybridized carbons (Fsp3) is 0.100. The smallest absolute Gasteiger partial charge is 0.276 e. The molecule has 0 aliphatic heterocycles. The van der Waals surface area contributed by atoms with Crippen molar-refractivity contribution in [3.8, 4) is 0 Å². The number of nitrogens with zero attached hydrogens (tertiary/aromatic N) is 3. The van der Waals surface area contributed by atoms with E-state index in [1.807, 2.05) is 4.83 Å². The van der Waals surface area contributed by atoms with Gasteiger partial charge in [-0.05, 0) is 17.0 Å². The Labute approximate surface area is 108 Å². The monoisotopic (exact) mass is 282 g/mol. The van der Waals surface area contributed by atoms with Crippen LogP contribution in [0, 0.1) is 12.1 Å². The molecule has 0 radical (unpaired) electrons. The predicted octanol–water partition coefficient (Wildman–Crippen LogP) is -0.0712. The van der Waals surface area contributed by atoms with E-state index in [2.05, 4.69) is 14.9 Å². The molecule has 0 unspecified atom stereocenters. The van der Waals surface area contributed by atoms with Crippen LogP contribution in [0.3, 0.4) is 0 Å². The van der Waals surface area contributed by atoms with Gasteiger partial charge >= 0.3 is 0 Å². The SMILES string of the molecule is Cc1no[n+]([O-])c1/C=N/NS(=O)(=O)c1ccccc1. The quantitative estimate of drug-likeness (QED) is 0.479. The van der Waals surface area contributed by atoms with Gasteiger partial charge in [0.15, 0.2) is 0 Å². The van der Waals surface area contributed by atoms with E-state index in [4.69, 9.17) is 0 Å². The van der Waals surface area contributed by atoms with Crippen LogP contribution in [-0.2, 0) is 10.0 Å². The molecule has 8 nitrogen and oxygen atoms in total. The maximum atomic E-state index is 11.8. The first-order chi connectivity index (χ1) is 9.00. The van der Waals surface area contributed by atoms with E-state index in [1.165, 1.54) is 19.1 Å². The minimum absolute atomic E-state index is 0.0239.